The SMILES string of the molecule is CC1CCC(C)N(CC2(C(=O)O)CCCC2)C1. The molecule has 17 heavy (non-hydrogen) atoms. The van der Waals surface area contributed by atoms with Gasteiger partial charge in [-0.1, -0.05) is 19.8 Å². The fourth-order valence-electron chi connectivity index (χ4n) is 3.48. The van der Waals surface area contributed by atoms with Gasteiger partial charge in [-0.3, -0.25) is 9.69 Å². The summed E-state index contributed by atoms with van der Waals surface area (Å²) in [5.41, 5.74) is -0.439. The molecule has 0 radical (unpaired) electrons. The lowest BCUT2D eigenvalue weighted by Gasteiger charge is -2.41. The van der Waals surface area contributed by atoms with Crippen LogP contribution in [-0.4, -0.2) is 35.1 Å². The van der Waals surface area contributed by atoms with Gasteiger partial charge in [-0.05, 0) is 38.5 Å². The maximum atomic E-state index is 11.6. The standard InChI is InChI=1S/C14H25NO2/c1-11-5-6-12(2)15(9-11)10-14(13(16)17)7-3-4-8-14/h11-12H,3-10H2,1-2H3,(H,16,17). The normalized spacial score (nSPS) is 33.8. The summed E-state index contributed by atoms with van der Waals surface area (Å²) in [4.78, 5) is 14.0. The molecule has 1 aliphatic heterocycles. The van der Waals surface area contributed by atoms with Crippen molar-refractivity contribution in [1.82, 2.24) is 4.90 Å². The number of hydrogen-bond donors (Lipinski definition) is 1. The van der Waals surface area contributed by atoms with E-state index in [1.165, 1.54) is 12.8 Å². The van der Waals surface area contributed by atoms with Crippen LogP contribution in [0.25, 0.3) is 0 Å². The Morgan fingerprint density at radius 1 is 1.29 bits per heavy atom. The monoisotopic (exact) mass is 239 g/mol. The molecular weight excluding hydrogens is 214 g/mol. The van der Waals surface area contributed by atoms with Gasteiger partial charge in [0, 0.05) is 19.1 Å². The minimum atomic E-state index is -0.569. The Balaban J connectivity index is 2.04. The molecule has 2 unspecified atom stereocenters. The molecule has 0 amide bonds. The van der Waals surface area contributed by atoms with Crippen LogP contribution >= 0.6 is 0 Å². The van der Waals surface area contributed by atoms with Crippen molar-refractivity contribution in [2.24, 2.45) is 11.3 Å². The van der Waals surface area contributed by atoms with Gasteiger partial charge in [0.15, 0.2) is 0 Å². The third-order valence-electron chi connectivity index (χ3n) is 4.77. The first kappa shape index (κ1) is 12.9. The zero-order valence-electron chi connectivity index (χ0n) is 11.1. The van der Waals surface area contributed by atoms with Crippen molar-refractivity contribution in [3.63, 3.8) is 0 Å². The Hall–Kier alpha value is -0.570. The molecule has 1 saturated heterocycles. The van der Waals surface area contributed by atoms with Crippen molar-refractivity contribution >= 4 is 5.97 Å². The summed E-state index contributed by atoms with van der Waals surface area (Å²) in [5, 5.41) is 9.52. The lowest BCUT2D eigenvalue weighted by molar-refractivity contribution is -0.150. The number of nitrogens with zero attached hydrogens (tertiary/aromatic N) is 1. The molecule has 0 bridgehead atoms. The molecule has 98 valence electrons. The average Bonchev–Trinajstić information content (AvgIpc) is 2.73. The van der Waals surface area contributed by atoms with Crippen molar-refractivity contribution in [3.05, 3.63) is 0 Å². The van der Waals surface area contributed by atoms with Gasteiger partial charge in [0.1, 0.15) is 0 Å². The molecule has 2 rings (SSSR count). The van der Waals surface area contributed by atoms with E-state index in [0.717, 1.165) is 44.7 Å². The van der Waals surface area contributed by atoms with E-state index in [4.69, 9.17) is 0 Å². The van der Waals surface area contributed by atoms with Crippen molar-refractivity contribution in [2.45, 2.75) is 58.4 Å². The van der Waals surface area contributed by atoms with Crippen LogP contribution in [0.4, 0.5) is 0 Å². The van der Waals surface area contributed by atoms with Gasteiger partial charge in [-0.15, -0.1) is 0 Å². The Labute approximate surface area is 104 Å². The number of rotatable bonds is 3. The summed E-state index contributed by atoms with van der Waals surface area (Å²) < 4.78 is 0. The molecule has 3 heteroatoms. The largest absolute Gasteiger partial charge is 0.481 e. The Kier molecular flexibility index (Phi) is 3.76. The maximum Gasteiger partial charge on any atom is 0.310 e. The number of piperidine rings is 1. The average molecular weight is 239 g/mol. The summed E-state index contributed by atoms with van der Waals surface area (Å²) in [7, 11) is 0. The third-order valence-corrected chi connectivity index (χ3v) is 4.77. The van der Waals surface area contributed by atoms with E-state index < -0.39 is 11.4 Å². The van der Waals surface area contributed by atoms with Gasteiger partial charge in [0.2, 0.25) is 0 Å². The second-order valence-corrected chi connectivity index (χ2v) is 6.25. The molecule has 0 aromatic carbocycles. The molecule has 0 spiro atoms. The fourth-order valence-corrected chi connectivity index (χ4v) is 3.48. The van der Waals surface area contributed by atoms with Gasteiger partial charge < -0.3 is 5.11 Å². The van der Waals surface area contributed by atoms with Crippen LogP contribution < -0.4 is 0 Å². The second kappa shape index (κ2) is 4.97. The van der Waals surface area contributed by atoms with Gasteiger partial charge in [-0.25, -0.2) is 0 Å². The number of hydrogen-bond acceptors (Lipinski definition) is 2. The number of likely N-dealkylation sites (tertiary alicyclic amines) is 1. The van der Waals surface area contributed by atoms with E-state index >= 15 is 0 Å². The first-order valence-electron chi connectivity index (χ1n) is 7.01. The van der Waals surface area contributed by atoms with Crippen LogP contribution in [0.15, 0.2) is 0 Å². The number of carboxylic acids is 1. The maximum absolute atomic E-state index is 11.6. The summed E-state index contributed by atoms with van der Waals surface area (Å²) in [6.07, 6.45) is 6.43. The van der Waals surface area contributed by atoms with Crippen LogP contribution in [0.1, 0.15) is 52.4 Å². The molecule has 0 aromatic heterocycles. The van der Waals surface area contributed by atoms with Gasteiger partial charge >= 0.3 is 5.97 Å². The van der Waals surface area contributed by atoms with E-state index in [-0.39, 0.29) is 0 Å². The zero-order chi connectivity index (χ0) is 12.5. The molecule has 1 saturated carbocycles. The predicted molar refractivity (Wildman–Crippen MR) is 68.0 cm³/mol. The highest BCUT2D eigenvalue weighted by molar-refractivity contribution is 5.75. The molecule has 1 N–H and O–H groups in total. The van der Waals surface area contributed by atoms with Crippen LogP contribution in [0, 0.1) is 11.3 Å². The van der Waals surface area contributed by atoms with E-state index in [1.807, 2.05) is 0 Å². The molecule has 2 atom stereocenters. The van der Waals surface area contributed by atoms with Gasteiger partial charge in [-0.2, -0.15) is 0 Å². The number of carbonyl (C=O) groups is 1. The smallest absolute Gasteiger partial charge is 0.310 e. The Morgan fingerprint density at radius 3 is 2.53 bits per heavy atom. The first-order chi connectivity index (χ1) is 8.03. The molecule has 1 heterocycles. The number of aliphatic carboxylic acids is 1. The highest BCUT2D eigenvalue weighted by atomic mass is 16.4. The fraction of sp³-hybridized carbons (Fsp3) is 0.929. The molecular formula is C14H25NO2. The quantitative estimate of drug-likeness (QED) is 0.823. The molecule has 2 aliphatic rings. The van der Waals surface area contributed by atoms with Crippen LogP contribution in [0.3, 0.4) is 0 Å². The summed E-state index contributed by atoms with van der Waals surface area (Å²) >= 11 is 0. The van der Waals surface area contributed by atoms with E-state index in [0.29, 0.717) is 6.04 Å². The Bertz CT molecular complexity index is 284. The first-order valence-corrected chi connectivity index (χ1v) is 7.01. The van der Waals surface area contributed by atoms with Crippen LogP contribution in [0.5, 0.6) is 0 Å². The molecule has 1 aliphatic carbocycles. The van der Waals surface area contributed by atoms with E-state index in [9.17, 15) is 9.90 Å². The third kappa shape index (κ3) is 2.65. The summed E-state index contributed by atoms with van der Waals surface area (Å²) in [5.74, 6) is 0.152. The van der Waals surface area contributed by atoms with Crippen molar-refractivity contribution in [3.8, 4) is 0 Å². The summed E-state index contributed by atoms with van der Waals surface area (Å²) in [6.45, 7) is 6.38. The minimum Gasteiger partial charge on any atom is -0.481 e. The molecule has 0 aromatic rings. The van der Waals surface area contributed by atoms with Crippen molar-refractivity contribution in [2.75, 3.05) is 13.1 Å². The topological polar surface area (TPSA) is 40.5 Å². The highest BCUT2D eigenvalue weighted by Gasteiger charge is 2.43. The Morgan fingerprint density at radius 2 is 1.94 bits per heavy atom. The van der Waals surface area contributed by atoms with Crippen molar-refractivity contribution < 1.29 is 9.90 Å². The highest BCUT2D eigenvalue weighted by Crippen LogP contribution is 2.40. The second-order valence-electron chi connectivity index (χ2n) is 6.25. The lowest BCUT2D eigenvalue weighted by Crippen LogP contribution is -2.48. The minimum absolute atomic E-state index is 0.439. The van der Waals surface area contributed by atoms with Gasteiger partial charge in [0.05, 0.1) is 5.41 Å². The van der Waals surface area contributed by atoms with Crippen LogP contribution in [0.2, 0.25) is 0 Å². The van der Waals surface area contributed by atoms with E-state index in [2.05, 4.69) is 18.7 Å². The van der Waals surface area contributed by atoms with Crippen molar-refractivity contribution in [1.29, 1.82) is 0 Å². The molecule has 2 fully saturated rings. The van der Waals surface area contributed by atoms with E-state index in [1.54, 1.807) is 0 Å². The lowest BCUT2D eigenvalue weighted by atomic mass is 9.83. The number of carboxylic acid groups (broad SMARTS) is 1. The van der Waals surface area contributed by atoms with Crippen LogP contribution in [-0.2, 0) is 4.79 Å². The molecule has 3 nitrogen and oxygen atoms in total. The predicted octanol–water partition coefficient (Wildman–Crippen LogP) is 2.75. The zero-order valence-corrected chi connectivity index (χ0v) is 11.1. The summed E-state index contributed by atoms with van der Waals surface area (Å²) in [6, 6.07) is 0.558. The van der Waals surface area contributed by atoms with Gasteiger partial charge in [0.25, 0.3) is 0 Å².